The highest BCUT2D eigenvalue weighted by molar-refractivity contribution is 6.33. The van der Waals surface area contributed by atoms with Gasteiger partial charge in [-0.3, -0.25) is 4.79 Å². The van der Waals surface area contributed by atoms with Gasteiger partial charge in [-0.2, -0.15) is 0 Å². The van der Waals surface area contributed by atoms with Crippen LogP contribution in [0.5, 0.6) is 5.75 Å². The normalized spacial score (nSPS) is 12.5. The van der Waals surface area contributed by atoms with E-state index in [1.807, 2.05) is 0 Å². The van der Waals surface area contributed by atoms with E-state index in [9.17, 15) is 9.90 Å². The zero-order chi connectivity index (χ0) is 14.4. The number of phenols is 1. The lowest BCUT2D eigenvalue weighted by molar-refractivity contribution is 0.0951. The number of halogens is 2. The molecule has 0 spiro atoms. The molecule has 106 valence electrons. The third kappa shape index (κ3) is 4.59. The van der Waals surface area contributed by atoms with Crippen molar-refractivity contribution in [2.75, 3.05) is 6.54 Å². The van der Waals surface area contributed by atoms with Crippen LogP contribution in [0.1, 0.15) is 37.0 Å². The van der Waals surface area contributed by atoms with Gasteiger partial charge in [0.25, 0.3) is 5.91 Å². The molecule has 5 heteroatoms. The van der Waals surface area contributed by atoms with Gasteiger partial charge < -0.3 is 10.4 Å². The van der Waals surface area contributed by atoms with E-state index in [4.69, 9.17) is 23.2 Å². The summed E-state index contributed by atoms with van der Waals surface area (Å²) >= 11 is 12.2. The average molecular weight is 304 g/mol. The minimum atomic E-state index is -0.322. The van der Waals surface area contributed by atoms with E-state index in [1.165, 1.54) is 18.2 Å². The number of alkyl halides is 1. The topological polar surface area (TPSA) is 49.3 Å². The molecule has 19 heavy (non-hydrogen) atoms. The van der Waals surface area contributed by atoms with E-state index in [-0.39, 0.29) is 22.6 Å². The number of rotatable bonds is 6. The van der Waals surface area contributed by atoms with Crippen molar-refractivity contribution < 1.29 is 9.90 Å². The van der Waals surface area contributed by atoms with Crippen LogP contribution < -0.4 is 5.32 Å². The summed E-state index contributed by atoms with van der Waals surface area (Å²) in [6, 6.07) is 4.27. The standard InChI is InChI=1S/C14H19Cl2NO2/c1-3-9(4-2)13(16)8-17-14(19)11-7-10(18)5-6-12(11)15/h5-7,9,13,18H,3-4,8H2,1-2H3,(H,17,19). The number of carbonyl (C=O) groups is 1. The number of hydrogen-bond acceptors (Lipinski definition) is 2. The molecule has 0 heterocycles. The lowest BCUT2D eigenvalue weighted by atomic mass is 9.99. The van der Waals surface area contributed by atoms with Crippen LogP contribution >= 0.6 is 23.2 Å². The number of nitrogens with one attached hydrogen (secondary N) is 1. The van der Waals surface area contributed by atoms with Gasteiger partial charge in [0.15, 0.2) is 0 Å². The molecule has 1 atom stereocenters. The second-order valence-corrected chi connectivity index (χ2v) is 5.43. The molecule has 0 aromatic heterocycles. The van der Waals surface area contributed by atoms with Crippen molar-refractivity contribution in [1.29, 1.82) is 0 Å². The molecular weight excluding hydrogens is 285 g/mol. The van der Waals surface area contributed by atoms with Gasteiger partial charge in [-0.25, -0.2) is 0 Å². The Hall–Kier alpha value is -0.930. The first-order chi connectivity index (χ1) is 8.99. The van der Waals surface area contributed by atoms with Crippen LogP contribution in [0.4, 0.5) is 0 Å². The number of aromatic hydroxyl groups is 1. The molecule has 0 radical (unpaired) electrons. The van der Waals surface area contributed by atoms with Gasteiger partial charge in [-0.1, -0.05) is 38.3 Å². The Bertz CT molecular complexity index is 433. The van der Waals surface area contributed by atoms with E-state index in [0.717, 1.165) is 12.8 Å². The van der Waals surface area contributed by atoms with E-state index >= 15 is 0 Å². The average Bonchev–Trinajstić information content (AvgIpc) is 2.40. The summed E-state index contributed by atoms with van der Waals surface area (Å²) in [5, 5.41) is 12.3. The zero-order valence-corrected chi connectivity index (χ0v) is 12.6. The van der Waals surface area contributed by atoms with Crippen molar-refractivity contribution in [2.24, 2.45) is 5.92 Å². The second-order valence-electron chi connectivity index (χ2n) is 4.47. The Balaban J connectivity index is 2.63. The largest absolute Gasteiger partial charge is 0.508 e. The highest BCUT2D eigenvalue weighted by Gasteiger charge is 2.18. The highest BCUT2D eigenvalue weighted by atomic mass is 35.5. The molecule has 1 unspecified atom stereocenters. The number of phenolic OH excluding ortho intramolecular Hbond substituents is 1. The van der Waals surface area contributed by atoms with Crippen LogP contribution in [0.2, 0.25) is 5.02 Å². The van der Waals surface area contributed by atoms with E-state index in [1.54, 1.807) is 0 Å². The number of hydrogen-bond donors (Lipinski definition) is 2. The van der Waals surface area contributed by atoms with Crippen molar-refractivity contribution in [1.82, 2.24) is 5.32 Å². The van der Waals surface area contributed by atoms with E-state index < -0.39 is 0 Å². The minimum Gasteiger partial charge on any atom is -0.508 e. The van der Waals surface area contributed by atoms with Gasteiger partial charge in [0.05, 0.1) is 16.0 Å². The summed E-state index contributed by atoms with van der Waals surface area (Å²) in [6.07, 6.45) is 1.96. The maximum absolute atomic E-state index is 12.0. The Morgan fingerprint density at radius 2 is 2.00 bits per heavy atom. The molecule has 1 aromatic carbocycles. The van der Waals surface area contributed by atoms with Crippen LogP contribution in [0.25, 0.3) is 0 Å². The second kappa shape index (κ2) is 7.61. The highest BCUT2D eigenvalue weighted by Crippen LogP contribution is 2.22. The molecule has 2 N–H and O–H groups in total. The van der Waals surface area contributed by atoms with E-state index in [2.05, 4.69) is 19.2 Å². The lowest BCUT2D eigenvalue weighted by Gasteiger charge is -2.19. The van der Waals surface area contributed by atoms with Crippen LogP contribution in [0.3, 0.4) is 0 Å². The summed E-state index contributed by atoms with van der Waals surface area (Å²) in [7, 11) is 0. The van der Waals surface area contributed by atoms with Crippen molar-refractivity contribution in [2.45, 2.75) is 32.1 Å². The zero-order valence-electron chi connectivity index (χ0n) is 11.1. The Kier molecular flexibility index (Phi) is 6.46. The predicted molar refractivity (Wildman–Crippen MR) is 79.2 cm³/mol. The summed E-state index contributed by atoms with van der Waals surface area (Å²) in [5.74, 6) is 0.0658. The van der Waals surface area contributed by atoms with Gasteiger partial charge in [-0.05, 0) is 24.1 Å². The molecular formula is C14H19Cl2NO2. The van der Waals surface area contributed by atoms with Crippen molar-refractivity contribution in [3.05, 3.63) is 28.8 Å². The molecule has 0 fully saturated rings. The fraction of sp³-hybridized carbons (Fsp3) is 0.500. The molecule has 1 rings (SSSR count). The number of carbonyl (C=O) groups excluding carboxylic acids is 1. The first-order valence-corrected chi connectivity index (χ1v) is 7.21. The lowest BCUT2D eigenvalue weighted by Crippen LogP contribution is -2.33. The van der Waals surface area contributed by atoms with Crippen molar-refractivity contribution in [3.63, 3.8) is 0 Å². The maximum Gasteiger partial charge on any atom is 0.252 e. The third-order valence-electron chi connectivity index (χ3n) is 3.21. The fourth-order valence-corrected chi connectivity index (χ4v) is 2.58. The Labute approximate surface area is 123 Å². The molecule has 0 aliphatic carbocycles. The van der Waals surface area contributed by atoms with Crippen LogP contribution in [-0.4, -0.2) is 22.9 Å². The van der Waals surface area contributed by atoms with Gasteiger partial charge in [0.1, 0.15) is 5.75 Å². The number of benzene rings is 1. The summed E-state index contributed by atoms with van der Waals surface area (Å²) in [4.78, 5) is 12.0. The van der Waals surface area contributed by atoms with E-state index in [0.29, 0.717) is 17.5 Å². The number of amides is 1. The molecule has 1 amide bonds. The quantitative estimate of drug-likeness (QED) is 0.785. The Morgan fingerprint density at radius 3 is 2.58 bits per heavy atom. The first kappa shape index (κ1) is 16.1. The van der Waals surface area contributed by atoms with Crippen molar-refractivity contribution >= 4 is 29.1 Å². The molecule has 0 aliphatic heterocycles. The smallest absolute Gasteiger partial charge is 0.252 e. The molecule has 0 saturated heterocycles. The fourth-order valence-electron chi connectivity index (χ4n) is 1.94. The molecule has 3 nitrogen and oxygen atoms in total. The van der Waals surface area contributed by atoms with Gasteiger partial charge in [0, 0.05) is 6.54 Å². The maximum atomic E-state index is 12.0. The minimum absolute atomic E-state index is 0.0111. The predicted octanol–water partition coefficient (Wildman–Crippen LogP) is 3.82. The van der Waals surface area contributed by atoms with Gasteiger partial charge in [0.2, 0.25) is 0 Å². The summed E-state index contributed by atoms with van der Waals surface area (Å²) in [6.45, 7) is 4.55. The van der Waals surface area contributed by atoms with Gasteiger partial charge in [-0.15, -0.1) is 11.6 Å². The molecule has 1 aromatic rings. The Morgan fingerprint density at radius 1 is 1.37 bits per heavy atom. The summed E-state index contributed by atoms with van der Waals surface area (Å²) < 4.78 is 0. The third-order valence-corrected chi connectivity index (χ3v) is 4.05. The SMILES string of the molecule is CCC(CC)C(Cl)CNC(=O)c1cc(O)ccc1Cl. The molecule has 0 saturated carbocycles. The summed E-state index contributed by atoms with van der Waals surface area (Å²) in [5.41, 5.74) is 0.259. The van der Waals surface area contributed by atoms with Crippen molar-refractivity contribution in [3.8, 4) is 5.75 Å². The monoisotopic (exact) mass is 303 g/mol. The van der Waals surface area contributed by atoms with Crippen LogP contribution in [0.15, 0.2) is 18.2 Å². The molecule has 0 aliphatic rings. The first-order valence-electron chi connectivity index (χ1n) is 6.40. The molecule has 0 bridgehead atoms. The van der Waals surface area contributed by atoms with Crippen LogP contribution in [0, 0.1) is 5.92 Å². The van der Waals surface area contributed by atoms with Gasteiger partial charge >= 0.3 is 0 Å². The van der Waals surface area contributed by atoms with Crippen LogP contribution in [-0.2, 0) is 0 Å².